The zero-order valence-corrected chi connectivity index (χ0v) is 11.6. The van der Waals surface area contributed by atoms with Crippen LogP contribution < -0.4 is 10.5 Å². The van der Waals surface area contributed by atoms with Crippen LogP contribution in [0.15, 0.2) is 22.9 Å². The monoisotopic (exact) mass is 303 g/mol. The first-order valence-corrected chi connectivity index (χ1v) is 6.76. The van der Waals surface area contributed by atoms with Crippen LogP contribution in [0.25, 0.3) is 0 Å². The van der Waals surface area contributed by atoms with E-state index in [0.29, 0.717) is 17.0 Å². The summed E-state index contributed by atoms with van der Waals surface area (Å²) in [4.78, 5) is 10.4. The molecular formula is C12H9N5O3S. The molecule has 0 fully saturated rings. The van der Waals surface area contributed by atoms with Crippen LogP contribution in [0.1, 0.15) is 22.7 Å². The predicted octanol–water partition coefficient (Wildman–Crippen LogP) is 1.91. The Labute approximate surface area is 122 Å². The van der Waals surface area contributed by atoms with Crippen LogP contribution >= 0.6 is 11.3 Å². The average Bonchev–Trinajstić information content (AvgIpc) is 3.05. The van der Waals surface area contributed by atoms with Gasteiger partial charge < -0.3 is 10.5 Å². The van der Waals surface area contributed by atoms with E-state index in [-0.39, 0.29) is 16.5 Å². The summed E-state index contributed by atoms with van der Waals surface area (Å²) in [6.07, 6.45) is 0. The van der Waals surface area contributed by atoms with Crippen molar-refractivity contribution in [3.63, 3.8) is 0 Å². The summed E-state index contributed by atoms with van der Waals surface area (Å²) < 4.78 is 5.32. The highest BCUT2D eigenvalue weighted by atomic mass is 32.1. The quantitative estimate of drug-likeness (QED) is 0.643. The number of ether oxygens (including phenoxy) is 1. The number of thiophene rings is 1. The van der Waals surface area contributed by atoms with Gasteiger partial charge in [0.1, 0.15) is 11.6 Å². The van der Waals surface area contributed by atoms with Gasteiger partial charge in [0.05, 0.1) is 10.8 Å². The third kappa shape index (κ3) is 1.93. The van der Waals surface area contributed by atoms with E-state index in [1.165, 1.54) is 6.07 Å². The minimum atomic E-state index is -0.512. The number of nitro groups is 1. The van der Waals surface area contributed by atoms with Gasteiger partial charge in [-0.15, -0.1) is 5.10 Å². The molecule has 3 N–H and O–H groups in total. The van der Waals surface area contributed by atoms with Gasteiger partial charge in [-0.05, 0) is 12.5 Å². The van der Waals surface area contributed by atoms with Gasteiger partial charge in [0.15, 0.2) is 0 Å². The molecule has 3 heterocycles. The highest BCUT2D eigenvalue weighted by Crippen LogP contribution is 2.44. The van der Waals surface area contributed by atoms with Gasteiger partial charge in [-0.1, -0.05) is 11.3 Å². The Morgan fingerprint density at radius 1 is 1.67 bits per heavy atom. The number of aromatic nitrogens is 2. The molecule has 0 aliphatic carbocycles. The minimum absolute atomic E-state index is 0.00931. The molecule has 0 spiro atoms. The molecule has 2 aromatic rings. The summed E-state index contributed by atoms with van der Waals surface area (Å²) in [5.41, 5.74) is 8.01. The van der Waals surface area contributed by atoms with Crippen molar-refractivity contribution in [2.24, 2.45) is 5.73 Å². The van der Waals surface area contributed by atoms with Gasteiger partial charge in [0.25, 0.3) is 0 Å². The molecule has 1 atom stereocenters. The number of aryl methyl sites for hydroxylation is 1. The summed E-state index contributed by atoms with van der Waals surface area (Å²) in [6.45, 7) is 1.79. The molecule has 0 unspecified atom stereocenters. The van der Waals surface area contributed by atoms with E-state index >= 15 is 0 Å². The molecule has 0 amide bonds. The van der Waals surface area contributed by atoms with Gasteiger partial charge in [-0.2, -0.15) is 5.26 Å². The summed E-state index contributed by atoms with van der Waals surface area (Å²) in [6, 6.07) is 3.47. The van der Waals surface area contributed by atoms with Gasteiger partial charge >= 0.3 is 5.00 Å². The van der Waals surface area contributed by atoms with Crippen LogP contribution in [0, 0.1) is 28.4 Å². The van der Waals surface area contributed by atoms with Gasteiger partial charge in [0.2, 0.25) is 11.8 Å². The molecule has 9 heteroatoms. The number of H-pyrrole nitrogens is 1. The zero-order valence-electron chi connectivity index (χ0n) is 10.8. The number of fused-ring (bicyclic) bond motifs is 1. The molecule has 0 aromatic carbocycles. The van der Waals surface area contributed by atoms with Gasteiger partial charge in [-0.3, -0.25) is 15.2 Å². The maximum absolute atomic E-state index is 10.8. The van der Waals surface area contributed by atoms with Crippen LogP contribution in [0.2, 0.25) is 0 Å². The maximum Gasteiger partial charge on any atom is 0.324 e. The highest BCUT2D eigenvalue weighted by molar-refractivity contribution is 7.13. The number of nitrogens with two attached hydrogens (primary N) is 1. The second kappa shape index (κ2) is 4.60. The number of nitriles is 1. The first kappa shape index (κ1) is 13.1. The number of rotatable bonds is 2. The Morgan fingerprint density at radius 2 is 2.43 bits per heavy atom. The van der Waals surface area contributed by atoms with Crippen LogP contribution in [0.4, 0.5) is 5.00 Å². The van der Waals surface area contributed by atoms with Crippen molar-refractivity contribution >= 4 is 16.3 Å². The van der Waals surface area contributed by atoms with Crippen molar-refractivity contribution in [1.29, 1.82) is 5.26 Å². The van der Waals surface area contributed by atoms with E-state index in [1.54, 1.807) is 12.3 Å². The van der Waals surface area contributed by atoms with Crippen LogP contribution in [0.5, 0.6) is 5.88 Å². The third-order valence-corrected chi connectivity index (χ3v) is 4.15. The lowest BCUT2D eigenvalue weighted by Crippen LogP contribution is -2.20. The molecule has 1 aliphatic heterocycles. The van der Waals surface area contributed by atoms with E-state index < -0.39 is 10.8 Å². The Morgan fingerprint density at radius 3 is 3.05 bits per heavy atom. The predicted molar refractivity (Wildman–Crippen MR) is 73.6 cm³/mol. The lowest BCUT2D eigenvalue weighted by Gasteiger charge is -2.22. The van der Waals surface area contributed by atoms with Crippen molar-refractivity contribution in [3.8, 4) is 11.9 Å². The fraction of sp³-hybridized carbons (Fsp3) is 0.167. The van der Waals surface area contributed by atoms with Gasteiger partial charge in [0, 0.05) is 22.7 Å². The van der Waals surface area contributed by atoms with Crippen molar-refractivity contribution in [2.75, 3.05) is 0 Å². The summed E-state index contributed by atoms with van der Waals surface area (Å²) in [5, 5.41) is 28.6. The maximum atomic E-state index is 10.8. The lowest BCUT2D eigenvalue weighted by atomic mass is 9.85. The number of allylic oxidation sites excluding steroid dienone is 1. The molecule has 2 aromatic heterocycles. The number of hydrogen-bond acceptors (Lipinski definition) is 7. The molecule has 0 saturated heterocycles. The Hall–Kier alpha value is -2.86. The normalized spacial score (nSPS) is 17.0. The largest absolute Gasteiger partial charge is 0.420 e. The molecule has 0 radical (unpaired) electrons. The summed E-state index contributed by atoms with van der Waals surface area (Å²) in [5.74, 6) is -0.249. The van der Waals surface area contributed by atoms with E-state index in [2.05, 4.69) is 10.2 Å². The molecule has 0 saturated carbocycles. The van der Waals surface area contributed by atoms with E-state index in [9.17, 15) is 15.4 Å². The number of nitrogens with zero attached hydrogens (tertiary/aromatic N) is 3. The number of nitrogens with one attached hydrogen (secondary N) is 1. The topological polar surface area (TPSA) is 131 Å². The summed E-state index contributed by atoms with van der Waals surface area (Å²) in [7, 11) is 0. The molecule has 8 nitrogen and oxygen atoms in total. The molecule has 1 aliphatic rings. The molecule has 21 heavy (non-hydrogen) atoms. The third-order valence-electron chi connectivity index (χ3n) is 3.25. The summed E-state index contributed by atoms with van der Waals surface area (Å²) >= 11 is 1.00. The number of hydrogen-bond donors (Lipinski definition) is 2. The molecular weight excluding hydrogens is 294 g/mol. The Kier molecular flexibility index (Phi) is 2.88. The van der Waals surface area contributed by atoms with Crippen molar-refractivity contribution in [1.82, 2.24) is 10.2 Å². The fourth-order valence-corrected chi connectivity index (χ4v) is 3.07. The Bertz CT molecular complexity index is 813. The minimum Gasteiger partial charge on any atom is -0.420 e. The second-order valence-corrected chi connectivity index (χ2v) is 5.36. The van der Waals surface area contributed by atoms with Crippen LogP contribution in [0.3, 0.4) is 0 Å². The lowest BCUT2D eigenvalue weighted by molar-refractivity contribution is -0.380. The first-order chi connectivity index (χ1) is 10.0. The van der Waals surface area contributed by atoms with Crippen LogP contribution in [-0.4, -0.2) is 15.1 Å². The molecule has 3 rings (SSSR count). The highest BCUT2D eigenvalue weighted by Gasteiger charge is 2.35. The standard InChI is InChI=1S/C12H9N5O3S/c1-5-9-10(6-2-8(17(18)19)21-4-6)7(3-13)11(14)20-12(9)16-15-5/h2,4,10H,14H2,1H3,(H,15,16)/t10-/m1/s1. The molecule has 0 bridgehead atoms. The fourth-order valence-electron chi connectivity index (χ4n) is 2.32. The number of aromatic amines is 1. The Balaban J connectivity index is 2.19. The van der Waals surface area contributed by atoms with Gasteiger partial charge in [-0.25, -0.2) is 0 Å². The van der Waals surface area contributed by atoms with Crippen molar-refractivity contribution in [2.45, 2.75) is 12.8 Å². The average molecular weight is 303 g/mol. The van der Waals surface area contributed by atoms with Crippen LogP contribution in [-0.2, 0) is 0 Å². The zero-order chi connectivity index (χ0) is 15.1. The van der Waals surface area contributed by atoms with E-state index in [1.807, 2.05) is 6.07 Å². The smallest absolute Gasteiger partial charge is 0.324 e. The van der Waals surface area contributed by atoms with Crippen molar-refractivity contribution in [3.05, 3.63) is 49.8 Å². The van der Waals surface area contributed by atoms with E-state index in [0.717, 1.165) is 17.0 Å². The van der Waals surface area contributed by atoms with E-state index in [4.69, 9.17) is 10.5 Å². The first-order valence-electron chi connectivity index (χ1n) is 5.88. The van der Waals surface area contributed by atoms with Crippen molar-refractivity contribution < 1.29 is 9.66 Å². The molecule has 106 valence electrons. The SMILES string of the molecule is Cc1[nH]nc2c1[C@H](c1csc([N+](=O)[O-])c1)C(C#N)=C(N)O2. The second-order valence-electron chi connectivity index (χ2n) is 4.47.